The van der Waals surface area contributed by atoms with Crippen molar-refractivity contribution in [2.24, 2.45) is 0 Å². The average molecular weight is 300 g/mol. The first-order valence-corrected chi connectivity index (χ1v) is 6.94. The van der Waals surface area contributed by atoms with Crippen molar-refractivity contribution in [1.29, 1.82) is 0 Å². The molecule has 1 aromatic rings. The van der Waals surface area contributed by atoms with Gasteiger partial charge in [-0.2, -0.15) is 0 Å². The zero-order valence-electron chi connectivity index (χ0n) is 7.40. The lowest BCUT2D eigenvalue weighted by atomic mass is 10.4. The molecule has 80 valence electrons. The van der Waals surface area contributed by atoms with Crippen LogP contribution in [-0.2, 0) is 10.0 Å². The van der Waals surface area contributed by atoms with Crippen LogP contribution < -0.4 is 4.72 Å². The van der Waals surface area contributed by atoms with Crippen LogP contribution in [-0.4, -0.2) is 26.2 Å². The smallest absolute Gasteiger partial charge is 0.250 e. The number of aliphatic hydroxyl groups excluding tert-OH is 1. The molecule has 14 heavy (non-hydrogen) atoms. The maximum absolute atomic E-state index is 11.5. The second kappa shape index (κ2) is 4.71. The van der Waals surface area contributed by atoms with E-state index in [1.807, 2.05) is 0 Å². The molecule has 1 rings (SSSR count). The molecule has 1 atom stereocenters. The Kier molecular flexibility index (Phi) is 4.08. The van der Waals surface area contributed by atoms with Crippen molar-refractivity contribution in [1.82, 2.24) is 4.72 Å². The highest BCUT2D eigenvalue weighted by Gasteiger charge is 2.16. The fraction of sp³-hybridized carbons (Fsp3) is 0.429. The topological polar surface area (TPSA) is 66.4 Å². The van der Waals surface area contributed by atoms with Gasteiger partial charge in [-0.25, -0.2) is 13.1 Å². The highest BCUT2D eigenvalue weighted by molar-refractivity contribution is 9.11. The van der Waals surface area contributed by atoms with Crippen molar-refractivity contribution in [3.05, 3.63) is 15.9 Å². The predicted molar refractivity (Wildman–Crippen MR) is 58.9 cm³/mol. The summed E-state index contributed by atoms with van der Waals surface area (Å²) in [4.78, 5) is 0. The van der Waals surface area contributed by atoms with Crippen LogP contribution in [0.2, 0.25) is 0 Å². The molecule has 0 saturated carbocycles. The Labute approximate surface area is 95.1 Å². The van der Waals surface area contributed by atoms with Crippen LogP contribution in [0.4, 0.5) is 0 Å². The first kappa shape index (κ1) is 12.1. The third kappa shape index (κ3) is 3.32. The van der Waals surface area contributed by atoms with Gasteiger partial charge in [-0.1, -0.05) is 0 Å². The molecular formula is C7H10BrNO3S2. The van der Waals surface area contributed by atoms with E-state index in [0.717, 1.165) is 15.1 Å². The van der Waals surface area contributed by atoms with Crippen LogP contribution in [0.15, 0.2) is 20.1 Å². The molecule has 0 radical (unpaired) electrons. The van der Waals surface area contributed by atoms with E-state index in [9.17, 15) is 8.42 Å². The van der Waals surface area contributed by atoms with E-state index in [4.69, 9.17) is 5.11 Å². The van der Waals surface area contributed by atoms with Crippen molar-refractivity contribution < 1.29 is 13.5 Å². The highest BCUT2D eigenvalue weighted by Crippen LogP contribution is 2.25. The van der Waals surface area contributed by atoms with E-state index in [1.54, 1.807) is 6.07 Å². The zero-order valence-corrected chi connectivity index (χ0v) is 10.6. The molecule has 0 bridgehead atoms. The van der Waals surface area contributed by atoms with Crippen molar-refractivity contribution in [2.45, 2.75) is 17.2 Å². The van der Waals surface area contributed by atoms with Crippen molar-refractivity contribution in [3.63, 3.8) is 0 Å². The molecule has 0 spiro atoms. The van der Waals surface area contributed by atoms with E-state index < -0.39 is 16.1 Å². The number of rotatable bonds is 4. The van der Waals surface area contributed by atoms with Gasteiger partial charge >= 0.3 is 0 Å². The van der Waals surface area contributed by atoms with E-state index in [-0.39, 0.29) is 10.8 Å². The van der Waals surface area contributed by atoms with Gasteiger partial charge in [0.2, 0.25) is 10.0 Å². The summed E-state index contributed by atoms with van der Waals surface area (Å²) in [5.74, 6) is 0. The van der Waals surface area contributed by atoms with Crippen molar-refractivity contribution >= 4 is 37.3 Å². The van der Waals surface area contributed by atoms with E-state index >= 15 is 0 Å². The van der Waals surface area contributed by atoms with Gasteiger partial charge in [0, 0.05) is 6.54 Å². The minimum Gasteiger partial charge on any atom is -0.392 e. The third-order valence-electron chi connectivity index (χ3n) is 1.38. The second-order valence-electron chi connectivity index (χ2n) is 2.76. The molecule has 0 saturated heterocycles. The number of nitrogens with one attached hydrogen (secondary N) is 1. The average Bonchev–Trinajstić information content (AvgIpc) is 2.49. The fourth-order valence-electron chi connectivity index (χ4n) is 0.744. The summed E-state index contributed by atoms with van der Waals surface area (Å²) >= 11 is 4.31. The predicted octanol–water partition coefficient (Wildman–Crippen LogP) is 1.17. The molecule has 0 aliphatic heterocycles. The molecule has 4 nitrogen and oxygen atoms in total. The number of hydrogen-bond donors (Lipinski definition) is 2. The summed E-state index contributed by atoms with van der Waals surface area (Å²) in [6, 6.07) is 3.18. The number of halogens is 1. The molecule has 1 heterocycles. The summed E-state index contributed by atoms with van der Waals surface area (Å²) in [6.45, 7) is 1.55. The molecule has 7 heteroatoms. The largest absolute Gasteiger partial charge is 0.392 e. The number of thiophene rings is 1. The Morgan fingerprint density at radius 3 is 2.71 bits per heavy atom. The lowest BCUT2D eigenvalue weighted by molar-refractivity contribution is 0.198. The molecule has 0 unspecified atom stereocenters. The van der Waals surface area contributed by atoms with Gasteiger partial charge in [0.15, 0.2) is 0 Å². The van der Waals surface area contributed by atoms with Gasteiger partial charge in [0.25, 0.3) is 0 Å². The van der Waals surface area contributed by atoms with E-state index in [2.05, 4.69) is 20.7 Å². The standard InChI is InChI=1S/C7H10BrNO3S2/c1-5(10)4-9-14(11,12)7-3-2-6(8)13-7/h2-3,5,9-10H,4H2,1H3/t5-/m1/s1. The van der Waals surface area contributed by atoms with Crippen LogP contribution in [0.25, 0.3) is 0 Å². The van der Waals surface area contributed by atoms with Gasteiger partial charge in [-0.05, 0) is 35.0 Å². The SMILES string of the molecule is C[C@@H](O)CNS(=O)(=O)c1ccc(Br)s1. The summed E-state index contributed by atoms with van der Waals surface area (Å²) in [5.41, 5.74) is 0. The molecular weight excluding hydrogens is 290 g/mol. The summed E-state index contributed by atoms with van der Waals surface area (Å²) in [7, 11) is -3.46. The Morgan fingerprint density at radius 1 is 1.64 bits per heavy atom. The molecule has 0 aliphatic carbocycles. The lowest BCUT2D eigenvalue weighted by Crippen LogP contribution is -2.30. The normalized spacial score (nSPS) is 14.2. The summed E-state index contributed by atoms with van der Waals surface area (Å²) in [5, 5.41) is 8.94. The maximum Gasteiger partial charge on any atom is 0.250 e. The molecule has 0 aromatic carbocycles. The molecule has 0 aliphatic rings. The summed E-state index contributed by atoms with van der Waals surface area (Å²) < 4.78 is 26.3. The quantitative estimate of drug-likeness (QED) is 0.877. The lowest BCUT2D eigenvalue weighted by Gasteiger charge is -2.05. The monoisotopic (exact) mass is 299 g/mol. The Balaban J connectivity index is 2.76. The molecule has 1 aromatic heterocycles. The Hall–Kier alpha value is 0.0500. The van der Waals surface area contributed by atoms with Gasteiger partial charge in [0.1, 0.15) is 4.21 Å². The van der Waals surface area contributed by atoms with Crippen LogP contribution >= 0.6 is 27.3 Å². The number of sulfonamides is 1. The maximum atomic E-state index is 11.5. The van der Waals surface area contributed by atoms with Gasteiger partial charge < -0.3 is 5.11 Å². The Bertz CT molecular complexity index is 399. The highest BCUT2D eigenvalue weighted by atomic mass is 79.9. The summed E-state index contributed by atoms with van der Waals surface area (Å²) in [6.07, 6.45) is -0.687. The van der Waals surface area contributed by atoms with Gasteiger partial charge in [-0.15, -0.1) is 11.3 Å². The fourth-order valence-corrected chi connectivity index (χ4v) is 3.92. The minimum atomic E-state index is -3.46. The van der Waals surface area contributed by atoms with Crippen LogP contribution in [0.1, 0.15) is 6.92 Å². The first-order chi connectivity index (χ1) is 6.42. The number of hydrogen-bond acceptors (Lipinski definition) is 4. The van der Waals surface area contributed by atoms with E-state index in [1.165, 1.54) is 13.0 Å². The molecule has 0 fully saturated rings. The van der Waals surface area contributed by atoms with Crippen molar-refractivity contribution in [2.75, 3.05) is 6.54 Å². The Morgan fingerprint density at radius 2 is 2.29 bits per heavy atom. The number of aliphatic hydroxyl groups is 1. The van der Waals surface area contributed by atoms with Gasteiger partial charge in [0.05, 0.1) is 9.89 Å². The first-order valence-electron chi connectivity index (χ1n) is 3.85. The van der Waals surface area contributed by atoms with Crippen molar-refractivity contribution in [3.8, 4) is 0 Å². The van der Waals surface area contributed by atoms with E-state index in [0.29, 0.717) is 0 Å². The third-order valence-corrected chi connectivity index (χ3v) is 4.92. The second-order valence-corrected chi connectivity index (χ2v) is 7.22. The zero-order chi connectivity index (χ0) is 10.8. The molecule has 2 N–H and O–H groups in total. The van der Waals surface area contributed by atoms with Gasteiger partial charge in [-0.3, -0.25) is 0 Å². The van der Waals surface area contributed by atoms with Crippen LogP contribution in [0.5, 0.6) is 0 Å². The molecule has 0 amide bonds. The minimum absolute atomic E-state index is 0.0256. The van der Waals surface area contributed by atoms with Crippen LogP contribution in [0.3, 0.4) is 0 Å². The van der Waals surface area contributed by atoms with Crippen LogP contribution in [0, 0.1) is 0 Å².